The molecule has 0 aromatic rings. The molecule has 0 amide bonds. The third kappa shape index (κ3) is 2.88. The summed E-state index contributed by atoms with van der Waals surface area (Å²) in [5.41, 5.74) is 0.461. The van der Waals surface area contributed by atoms with Gasteiger partial charge in [0.1, 0.15) is 0 Å². The van der Waals surface area contributed by atoms with Crippen molar-refractivity contribution >= 4 is 0 Å². The maximum absolute atomic E-state index is 12.1. The Morgan fingerprint density at radius 3 is 2.38 bits per heavy atom. The van der Waals surface area contributed by atoms with Crippen LogP contribution in [-0.4, -0.2) is 19.9 Å². The van der Waals surface area contributed by atoms with Crippen molar-refractivity contribution in [2.24, 2.45) is 0 Å². The highest BCUT2D eigenvalue weighted by atomic mass is 19.4. The molecule has 0 spiro atoms. The first-order valence-electron chi connectivity index (χ1n) is 3.99. The van der Waals surface area contributed by atoms with Crippen LogP contribution in [-0.2, 0) is 4.74 Å². The molecule has 0 N–H and O–H groups in total. The Morgan fingerprint density at radius 1 is 1.31 bits per heavy atom. The van der Waals surface area contributed by atoms with E-state index in [1.807, 2.05) is 0 Å². The molecule has 0 heterocycles. The van der Waals surface area contributed by atoms with Gasteiger partial charge in [0.05, 0.1) is 6.61 Å². The van der Waals surface area contributed by atoms with Gasteiger partial charge >= 0.3 is 6.18 Å². The Hall–Kier alpha value is -0.770. The van der Waals surface area contributed by atoms with Crippen LogP contribution in [0.1, 0.15) is 12.8 Å². The zero-order chi connectivity index (χ0) is 9.90. The molecule has 0 atom stereocenters. The molecule has 0 unspecified atom stereocenters. The molecule has 0 aromatic heterocycles. The van der Waals surface area contributed by atoms with E-state index in [4.69, 9.17) is 4.74 Å². The monoisotopic (exact) mass is 192 g/mol. The SMILES string of the molecule is COCC1=CC=C(C(F)(F)F)CC1. The lowest BCUT2D eigenvalue weighted by atomic mass is 9.99. The van der Waals surface area contributed by atoms with Crippen LogP contribution in [0.2, 0.25) is 0 Å². The highest BCUT2D eigenvalue weighted by Crippen LogP contribution is 2.32. The second kappa shape index (κ2) is 3.96. The van der Waals surface area contributed by atoms with Crippen molar-refractivity contribution in [3.63, 3.8) is 0 Å². The number of ether oxygens (including phenoxy) is 1. The Kier molecular flexibility index (Phi) is 3.14. The number of halogens is 3. The third-order valence-corrected chi connectivity index (χ3v) is 1.93. The summed E-state index contributed by atoms with van der Waals surface area (Å²) < 4.78 is 41.2. The molecule has 74 valence electrons. The van der Waals surface area contributed by atoms with E-state index in [-0.39, 0.29) is 6.42 Å². The summed E-state index contributed by atoms with van der Waals surface area (Å²) >= 11 is 0. The molecule has 0 saturated heterocycles. The first-order chi connectivity index (χ1) is 6.04. The first-order valence-corrected chi connectivity index (χ1v) is 3.99. The van der Waals surface area contributed by atoms with E-state index in [2.05, 4.69) is 0 Å². The van der Waals surface area contributed by atoms with Gasteiger partial charge < -0.3 is 4.74 Å². The second-order valence-corrected chi connectivity index (χ2v) is 2.95. The van der Waals surface area contributed by atoms with E-state index in [1.165, 1.54) is 13.2 Å². The molecule has 1 nitrogen and oxygen atoms in total. The van der Waals surface area contributed by atoms with Gasteiger partial charge in [-0.05, 0) is 18.4 Å². The highest BCUT2D eigenvalue weighted by molar-refractivity contribution is 5.26. The first kappa shape index (κ1) is 10.3. The van der Waals surface area contributed by atoms with Crippen molar-refractivity contribution in [1.29, 1.82) is 0 Å². The fourth-order valence-electron chi connectivity index (χ4n) is 1.22. The molecule has 0 saturated carbocycles. The predicted molar refractivity (Wildman–Crippen MR) is 43.3 cm³/mol. The molecule has 0 radical (unpaired) electrons. The molecule has 0 aliphatic heterocycles. The van der Waals surface area contributed by atoms with Crippen molar-refractivity contribution in [2.45, 2.75) is 19.0 Å². The molecular weight excluding hydrogens is 181 g/mol. The fourth-order valence-corrected chi connectivity index (χ4v) is 1.22. The lowest BCUT2D eigenvalue weighted by molar-refractivity contribution is -0.0941. The van der Waals surface area contributed by atoms with Crippen LogP contribution < -0.4 is 0 Å². The molecule has 1 rings (SSSR count). The quantitative estimate of drug-likeness (QED) is 0.653. The zero-order valence-electron chi connectivity index (χ0n) is 7.32. The van der Waals surface area contributed by atoms with E-state index in [9.17, 15) is 13.2 Å². The molecule has 1 aliphatic rings. The lowest BCUT2D eigenvalue weighted by Crippen LogP contribution is -2.14. The maximum atomic E-state index is 12.1. The highest BCUT2D eigenvalue weighted by Gasteiger charge is 2.33. The van der Waals surface area contributed by atoms with Crippen LogP contribution in [0.4, 0.5) is 13.2 Å². The largest absolute Gasteiger partial charge is 0.412 e. The number of alkyl halides is 3. The second-order valence-electron chi connectivity index (χ2n) is 2.95. The summed E-state index contributed by atoms with van der Waals surface area (Å²) in [6, 6.07) is 0. The van der Waals surface area contributed by atoms with Gasteiger partial charge in [-0.15, -0.1) is 0 Å². The fraction of sp³-hybridized carbons (Fsp3) is 0.556. The molecular formula is C9H11F3O. The minimum atomic E-state index is -4.17. The Balaban J connectivity index is 2.65. The van der Waals surface area contributed by atoms with Gasteiger partial charge in [-0.1, -0.05) is 12.2 Å². The molecule has 13 heavy (non-hydrogen) atoms. The Morgan fingerprint density at radius 2 is 2.00 bits per heavy atom. The number of hydrogen-bond donors (Lipinski definition) is 0. The van der Waals surface area contributed by atoms with Gasteiger partial charge in [0.15, 0.2) is 0 Å². The van der Waals surface area contributed by atoms with Crippen molar-refractivity contribution in [1.82, 2.24) is 0 Å². The van der Waals surface area contributed by atoms with Gasteiger partial charge in [0.2, 0.25) is 0 Å². The molecule has 0 fully saturated rings. The average Bonchev–Trinajstić information content (AvgIpc) is 2.04. The standard InChI is InChI=1S/C9H11F3O/c1-13-6-7-2-4-8(5-3-7)9(10,11)12/h2,4H,3,5-6H2,1H3. The Bertz CT molecular complexity index is 238. The van der Waals surface area contributed by atoms with Crippen LogP contribution in [0, 0.1) is 0 Å². The van der Waals surface area contributed by atoms with Crippen molar-refractivity contribution < 1.29 is 17.9 Å². The van der Waals surface area contributed by atoms with E-state index in [1.54, 1.807) is 0 Å². The summed E-state index contributed by atoms with van der Waals surface area (Å²) in [6.45, 7) is 0.418. The van der Waals surface area contributed by atoms with E-state index >= 15 is 0 Å². The minimum Gasteiger partial charge on any atom is -0.380 e. The van der Waals surface area contributed by atoms with Gasteiger partial charge in [0.25, 0.3) is 0 Å². The lowest BCUT2D eigenvalue weighted by Gasteiger charge is -2.16. The molecule has 1 aliphatic carbocycles. The summed E-state index contributed by atoms with van der Waals surface area (Å²) in [5, 5.41) is 0. The smallest absolute Gasteiger partial charge is 0.380 e. The average molecular weight is 192 g/mol. The summed E-state index contributed by atoms with van der Waals surface area (Å²) in [7, 11) is 1.53. The van der Waals surface area contributed by atoms with Crippen LogP contribution in [0.25, 0.3) is 0 Å². The molecule has 0 bridgehead atoms. The van der Waals surface area contributed by atoms with E-state index < -0.39 is 11.7 Å². The summed E-state index contributed by atoms with van der Waals surface area (Å²) in [6.07, 6.45) is -1.03. The number of hydrogen-bond acceptors (Lipinski definition) is 1. The van der Waals surface area contributed by atoms with Crippen LogP contribution in [0.15, 0.2) is 23.3 Å². The minimum absolute atomic E-state index is 0.0681. The van der Waals surface area contributed by atoms with Crippen molar-refractivity contribution in [2.75, 3.05) is 13.7 Å². The van der Waals surface area contributed by atoms with E-state index in [0.29, 0.717) is 13.0 Å². The van der Waals surface area contributed by atoms with Crippen LogP contribution >= 0.6 is 0 Å². The van der Waals surface area contributed by atoms with Gasteiger partial charge in [0, 0.05) is 12.7 Å². The summed E-state index contributed by atoms with van der Waals surface area (Å²) in [4.78, 5) is 0. The predicted octanol–water partition coefficient (Wildman–Crippen LogP) is 2.84. The number of methoxy groups -OCH3 is 1. The van der Waals surface area contributed by atoms with E-state index in [0.717, 1.165) is 11.6 Å². The van der Waals surface area contributed by atoms with Crippen LogP contribution in [0.5, 0.6) is 0 Å². The topological polar surface area (TPSA) is 9.23 Å². The number of rotatable bonds is 2. The normalized spacial score (nSPS) is 18.2. The molecule has 0 aromatic carbocycles. The Labute approximate surface area is 74.9 Å². The van der Waals surface area contributed by atoms with Gasteiger partial charge in [-0.25, -0.2) is 0 Å². The number of allylic oxidation sites excluding steroid dienone is 3. The molecule has 4 heteroatoms. The maximum Gasteiger partial charge on any atom is 0.412 e. The van der Waals surface area contributed by atoms with Crippen molar-refractivity contribution in [3.05, 3.63) is 23.3 Å². The van der Waals surface area contributed by atoms with Gasteiger partial charge in [-0.3, -0.25) is 0 Å². The van der Waals surface area contributed by atoms with Crippen LogP contribution in [0.3, 0.4) is 0 Å². The van der Waals surface area contributed by atoms with Crippen molar-refractivity contribution in [3.8, 4) is 0 Å². The van der Waals surface area contributed by atoms with Gasteiger partial charge in [-0.2, -0.15) is 13.2 Å². The third-order valence-electron chi connectivity index (χ3n) is 1.93. The summed E-state index contributed by atoms with van der Waals surface area (Å²) in [5.74, 6) is 0. The zero-order valence-corrected chi connectivity index (χ0v) is 7.32.